The molecule has 1 aliphatic heterocycles. The average Bonchev–Trinajstić information content (AvgIpc) is 2.80. The standard InChI is InChI=1S/C18H26ClN3O3S/c1-21(11-17(23)24)12-4-3-8-22(9-7-12)18(25)20-14-5-2-6-15-13(14)10-16(19)26-15/h10,12,14H,2-9,11H2,1H3,(H,20,25)(H,23,24). The number of nitrogens with one attached hydrogen (secondary N) is 1. The number of nitrogens with zero attached hydrogens (tertiary/aromatic N) is 2. The van der Waals surface area contributed by atoms with Gasteiger partial charge in [-0.3, -0.25) is 9.69 Å². The highest BCUT2D eigenvalue weighted by atomic mass is 35.5. The molecular weight excluding hydrogens is 374 g/mol. The number of urea groups is 1. The van der Waals surface area contributed by atoms with Gasteiger partial charge in [0.05, 0.1) is 16.9 Å². The van der Waals surface area contributed by atoms with E-state index in [1.54, 1.807) is 11.3 Å². The first-order valence-corrected chi connectivity index (χ1v) is 10.4. The molecule has 0 radical (unpaired) electrons. The lowest BCUT2D eigenvalue weighted by Gasteiger charge is -2.28. The Labute approximate surface area is 163 Å². The molecule has 1 aliphatic carbocycles. The lowest BCUT2D eigenvalue weighted by Crippen LogP contribution is -2.43. The maximum Gasteiger partial charge on any atom is 0.317 e. The van der Waals surface area contributed by atoms with E-state index in [1.165, 1.54) is 10.4 Å². The molecule has 1 fully saturated rings. The van der Waals surface area contributed by atoms with E-state index in [4.69, 9.17) is 16.7 Å². The summed E-state index contributed by atoms with van der Waals surface area (Å²) < 4.78 is 0.787. The normalized spacial score (nSPS) is 23.4. The molecule has 2 heterocycles. The Morgan fingerprint density at radius 3 is 2.92 bits per heavy atom. The van der Waals surface area contributed by atoms with Gasteiger partial charge in [0.1, 0.15) is 0 Å². The number of halogens is 1. The summed E-state index contributed by atoms with van der Waals surface area (Å²) in [6.07, 6.45) is 5.67. The second-order valence-corrected chi connectivity index (χ2v) is 8.97. The molecule has 1 saturated heterocycles. The summed E-state index contributed by atoms with van der Waals surface area (Å²) in [5.41, 5.74) is 1.17. The van der Waals surface area contributed by atoms with E-state index >= 15 is 0 Å². The number of hydrogen-bond acceptors (Lipinski definition) is 4. The summed E-state index contributed by atoms with van der Waals surface area (Å²) in [5.74, 6) is -0.811. The number of rotatable bonds is 4. The van der Waals surface area contributed by atoms with Gasteiger partial charge in [0.2, 0.25) is 0 Å². The number of fused-ring (bicyclic) bond motifs is 1. The highest BCUT2D eigenvalue weighted by molar-refractivity contribution is 7.16. The minimum atomic E-state index is -0.811. The molecule has 0 saturated carbocycles. The third kappa shape index (κ3) is 4.69. The van der Waals surface area contributed by atoms with Crippen LogP contribution in [-0.4, -0.2) is 59.6 Å². The number of carbonyl (C=O) groups excluding carboxylic acids is 1. The van der Waals surface area contributed by atoms with Gasteiger partial charge < -0.3 is 15.3 Å². The third-order valence-corrected chi connectivity index (χ3v) is 6.71. The SMILES string of the molecule is CN(CC(=O)O)C1CCCN(C(=O)NC2CCCc3sc(Cl)cc32)CC1. The quantitative estimate of drug-likeness (QED) is 0.814. The second-order valence-electron chi connectivity index (χ2n) is 7.20. The van der Waals surface area contributed by atoms with E-state index in [0.29, 0.717) is 13.1 Å². The maximum absolute atomic E-state index is 12.8. The number of amides is 2. The molecule has 26 heavy (non-hydrogen) atoms. The van der Waals surface area contributed by atoms with Crippen molar-refractivity contribution in [1.29, 1.82) is 0 Å². The second kappa shape index (κ2) is 8.59. The minimum absolute atomic E-state index is 0.0216. The molecule has 144 valence electrons. The van der Waals surface area contributed by atoms with Crippen LogP contribution >= 0.6 is 22.9 Å². The zero-order valence-electron chi connectivity index (χ0n) is 15.0. The number of likely N-dealkylation sites (N-methyl/N-ethyl adjacent to an activating group) is 1. The Kier molecular flexibility index (Phi) is 6.42. The monoisotopic (exact) mass is 399 g/mol. The van der Waals surface area contributed by atoms with Crippen molar-refractivity contribution in [1.82, 2.24) is 15.1 Å². The number of likely N-dealkylation sites (tertiary alicyclic amines) is 1. The Morgan fingerprint density at radius 1 is 1.35 bits per heavy atom. The molecule has 2 amide bonds. The van der Waals surface area contributed by atoms with Gasteiger partial charge >= 0.3 is 12.0 Å². The zero-order valence-corrected chi connectivity index (χ0v) is 16.6. The van der Waals surface area contributed by atoms with Gasteiger partial charge in [-0.15, -0.1) is 11.3 Å². The topological polar surface area (TPSA) is 72.9 Å². The van der Waals surface area contributed by atoms with Gasteiger partial charge in [-0.05, 0) is 57.2 Å². The number of thiophene rings is 1. The van der Waals surface area contributed by atoms with Crippen molar-refractivity contribution in [2.75, 3.05) is 26.7 Å². The fourth-order valence-electron chi connectivity index (χ4n) is 3.98. The molecule has 2 atom stereocenters. The van der Waals surface area contributed by atoms with Crippen molar-refractivity contribution in [3.05, 3.63) is 20.8 Å². The molecule has 2 aliphatic rings. The average molecular weight is 400 g/mol. The number of carboxylic acids is 1. The minimum Gasteiger partial charge on any atom is -0.480 e. The summed E-state index contributed by atoms with van der Waals surface area (Å²) in [6.45, 7) is 1.41. The van der Waals surface area contributed by atoms with Crippen LogP contribution in [0.2, 0.25) is 4.34 Å². The molecule has 3 rings (SSSR count). The van der Waals surface area contributed by atoms with Gasteiger partial charge in [-0.2, -0.15) is 0 Å². The first-order chi connectivity index (χ1) is 12.4. The largest absolute Gasteiger partial charge is 0.480 e. The van der Waals surface area contributed by atoms with Gasteiger partial charge in [0.25, 0.3) is 0 Å². The van der Waals surface area contributed by atoms with Crippen LogP contribution in [0.4, 0.5) is 4.79 Å². The number of aliphatic carboxylic acids is 1. The summed E-state index contributed by atoms with van der Waals surface area (Å²) in [5, 5.41) is 12.2. The Morgan fingerprint density at radius 2 is 2.15 bits per heavy atom. The lowest BCUT2D eigenvalue weighted by atomic mass is 9.94. The molecule has 0 bridgehead atoms. The first-order valence-electron chi connectivity index (χ1n) is 9.19. The lowest BCUT2D eigenvalue weighted by molar-refractivity contribution is -0.138. The molecule has 1 aromatic rings. The van der Waals surface area contributed by atoms with Crippen molar-refractivity contribution < 1.29 is 14.7 Å². The van der Waals surface area contributed by atoms with Crippen LogP contribution in [-0.2, 0) is 11.2 Å². The highest BCUT2D eigenvalue weighted by Crippen LogP contribution is 2.37. The molecule has 0 aromatic carbocycles. The fourth-order valence-corrected chi connectivity index (χ4v) is 5.36. The predicted molar refractivity (Wildman–Crippen MR) is 103 cm³/mol. The van der Waals surface area contributed by atoms with Gasteiger partial charge in [-0.25, -0.2) is 4.79 Å². The molecular formula is C18H26ClN3O3S. The third-order valence-electron chi connectivity index (χ3n) is 5.37. The summed E-state index contributed by atoms with van der Waals surface area (Å²) in [6, 6.07) is 2.22. The first kappa shape index (κ1) is 19.5. The van der Waals surface area contributed by atoms with E-state index in [9.17, 15) is 9.59 Å². The van der Waals surface area contributed by atoms with Crippen LogP contribution in [0.25, 0.3) is 0 Å². The van der Waals surface area contributed by atoms with Crippen molar-refractivity contribution >= 4 is 34.9 Å². The van der Waals surface area contributed by atoms with E-state index in [0.717, 1.165) is 42.9 Å². The van der Waals surface area contributed by atoms with Crippen molar-refractivity contribution in [2.45, 2.75) is 50.6 Å². The van der Waals surface area contributed by atoms with Gasteiger partial charge in [-0.1, -0.05) is 11.6 Å². The molecule has 6 nitrogen and oxygen atoms in total. The Bertz CT molecular complexity index is 666. The van der Waals surface area contributed by atoms with E-state index in [-0.39, 0.29) is 24.7 Å². The summed E-state index contributed by atoms with van der Waals surface area (Å²) in [7, 11) is 1.85. The zero-order chi connectivity index (χ0) is 18.7. The number of aryl methyl sites for hydroxylation is 1. The summed E-state index contributed by atoms with van der Waals surface area (Å²) in [4.78, 5) is 28.7. The number of hydrogen-bond donors (Lipinski definition) is 2. The Balaban J connectivity index is 1.57. The molecule has 2 unspecified atom stereocenters. The highest BCUT2D eigenvalue weighted by Gasteiger charge is 2.28. The molecule has 2 N–H and O–H groups in total. The van der Waals surface area contributed by atoms with Gasteiger partial charge in [0.15, 0.2) is 0 Å². The van der Waals surface area contributed by atoms with Crippen LogP contribution in [0.15, 0.2) is 6.07 Å². The fraction of sp³-hybridized carbons (Fsp3) is 0.667. The van der Waals surface area contributed by atoms with Crippen LogP contribution in [0.1, 0.15) is 48.6 Å². The predicted octanol–water partition coefficient (Wildman–Crippen LogP) is 3.36. The van der Waals surface area contributed by atoms with E-state index in [1.807, 2.05) is 22.9 Å². The van der Waals surface area contributed by atoms with Crippen LogP contribution in [0.5, 0.6) is 0 Å². The Hall–Kier alpha value is -1.31. The van der Waals surface area contributed by atoms with E-state index < -0.39 is 5.97 Å². The van der Waals surface area contributed by atoms with Crippen molar-refractivity contribution in [2.24, 2.45) is 0 Å². The number of carboxylic acid groups (broad SMARTS) is 1. The van der Waals surface area contributed by atoms with Crippen LogP contribution in [0.3, 0.4) is 0 Å². The van der Waals surface area contributed by atoms with Gasteiger partial charge in [0, 0.05) is 24.0 Å². The van der Waals surface area contributed by atoms with Crippen LogP contribution < -0.4 is 5.32 Å². The van der Waals surface area contributed by atoms with E-state index in [2.05, 4.69) is 5.32 Å². The molecule has 8 heteroatoms. The van der Waals surface area contributed by atoms with Crippen LogP contribution in [0, 0.1) is 0 Å². The molecule has 0 spiro atoms. The maximum atomic E-state index is 12.8. The van der Waals surface area contributed by atoms with Crippen molar-refractivity contribution in [3.8, 4) is 0 Å². The smallest absolute Gasteiger partial charge is 0.317 e. The summed E-state index contributed by atoms with van der Waals surface area (Å²) >= 11 is 7.77. The molecule has 1 aromatic heterocycles. The van der Waals surface area contributed by atoms with Crippen molar-refractivity contribution in [3.63, 3.8) is 0 Å². The number of carbonyl (C=O) groups is 2.